The van der Waals surface area contributed by atoms with Crippen LogP contribution in [0.5, 0.6) is 0 Å². The van der Waals surface area contributed by atoms with Gasteiger partial charge in [-0.15, -0.1) is 0 Å². The Morgan fingerprint density at radius 1 is 1.47 bits per heavy atom. The number of hydrogen-bond donors (Lipinski definition) is 1. The van der Waals surface area contributed by atoms with E-state index < -0.39 is 10.0 Å². The summed E-state index contributed by atoms with van der Waals surface area (Å²) in [6.07, 6.45) is 1.94. The van der Waals surface area contributed by atoms with Gasteiger partial charge in [-0.05, 0) is 29.7 Å². The fraction of sp³-hybridized carbons (Fsp3) is 0.455. The lowest BCUT2D eigenvalue weighted by atomic mass is 10.0. The zero-order chi connectivity index (χ0) is 12.6. The number of rotatable bonds is 1. The summed E-state index contributed by atoms with van der Waals surface area (Å²) in [6, 6.07) is 5.68. The van der Waals surface area contributed by atoms with Gasteiger partial charge in [0.15, 0.2) is 0 Å². The van der Waals surface area contributed by atoms with Gasteiger partial charge in [0.05, 0.1) is 6.26 Å². The Kier molecular flexibility index (Phi) is 3.58. The fourth-order valence-corrected chi connectivity index (χ4v) is 3.33. The number of nitrogens with zero attached hydrogens (tertiary/aromatic N) is 1. The molecular formula is C11H15BrN2O2S. The van der Waals surface area contributed by atoms with E-state index in [1.54, 1.807) is 0 Å². The van der Waals surface area contributed by atoms with E-state index in [1.807, 2.05) is 18.2 Å². The third-order valence-electron chi connectivity index (χ3n) is 3.01. The van der Waals surface area contributed by atoms with Gasteiger partial charge in [0.2, 0.25) is 10.0 Å². The first kappa shape index (κ1) is 13.0. The highest BCUT2D eigenvalue weighted by molar-refractivity contribution is 9.10. The molecule has 1 aliphatic heterocycles. The molecule has 0 saturated carbocycles. The number of sulfonamides is 1. The second kappa shape index (κ2) is 4.68. The van der Waals surface area contributed by atoms with E-state index in [-0.39, 0.29) is 6.04 Å². The van der Waals surface area contributed by atoms with Gasteiger partial charge in [0, 0.05) is 23.6 Å². The molecular weight excluding hydrogens is 304 g/mol. The highest BCUT2D eigenvalue weighted by Crippen LogP contribution is 2.26. The highest BCUT2D eigenvalue weighted by atomic mass is 79.9. The van der Waals surface area contributed by atoms with Crippen LogP contribution in [-0.4, -0.2) is 32.1 Å². The zero-order valence-electron chi connectivity index (χ0n) is 9.56. The number of benzene rings is 1. The number of halogens is 1. The Bertz CT molecular complexity index is 530. The molecule has 4 nitrogen and oxygen atoms in total. The molecule has 2 N–H and O–H groups in total. The summed E-state index contributed by atoms with van der Waals surface area (Å²) in [5.74, 6) is 0. The van der Waals surface area contributed by atoms with E-state index in [0.717, 1.165) is 15.6 Å². The van der Waals surface area contributed by atoms with E-state index in [0.29, 0.717) is 19.5 Å². The monoisotopic (exact) mass is 318 g/mol. The molecule has 0 aliphatic carbocycles. The fourth-order valence-electron chi connectivity index (χ4n) is 2.09. The maximum atomic E-state index is 11.6. The Hall–Kier alpha value is -0.430. The summed E-state index contributed by atoms with van der Waals surface area (Å²) in [5.41, 5.74) is 8.24. The lowest BCUT2D eigenvalue weighted by Gasteiger charge is -2.20. The zero-order valence-corrected chi connectivity index (χ0v) is 12.0. The summed E-state index contributed by atoms with van der Waals surface area (Å²) >= 11 is 3.41. The van der Waals surface area contributed by atoms with E-state index >= 15 is 0 Å². The summed E-state index contributed by atoms with van der Waals surface area (Å²) in [6.45, 7) is 0.851. The van der Waals surface area contributed by atoms with E-state index in [4.69, 9.17) is 5.73 Å². The van der Waals surface area contributed by atoms with Crippen molar-refractivity contribution in [3.63, 3.8) is 0 Å². The molecule has 2 rings (SSSR count). The molecule has 0 amide bonds. The first-order valence-corrected chi connectivity index (χ1v) is 8.01. The molecule has 94 valence electrons. The van der Waals surface area contributed by atoms with Gasteiger partial charge in [-0.25, -0.2) is 8.42 Å². The van der Waals surface area contributed by atoms with Gasteiger partial charge in [0.25, 0.3) is 0 Å². The summed E-state index contributed by atoms with van der Waals surface area (Å²) in [7, 11) is -3.17. The predicted octanol–water partition coefficient (Wildman–Crippen LogP) is 1.27. The van der Waals surface area contributed by atoms with Crippen LogP contribution in [0.4, 0.5) is 0 Å². The van der Waals surface area contributed by atoms with Crippen LogP contribution in [0.25, 0.3) is 0 Å². The van der Waals surface area contributed by atoms with Crippen molar-refractivity contribution in [2.75, 3.05) is 19.3 Å². The molecule has 17 heavy (non-hydrogen) atoms. The topological polar surface area (TPSA) is 63.4 Å². The van der Waals surface area contributed by atoms with Gasteiger partial charge >= 0.3 is 0 Å². The van der Waals surface area contributed by atoms with E-state index in [9.17, 15) is 8.42 Å². The average Bonchev–Trinajstić information content (AvgIpc) is 2.38. The molecule has 1 aromatic carbocycles. The van der Waals surface area contributed by atoms with Crippen molar-refractivity contribution in [2.24, 2.45) is 5.73 Å². The Balaban J connectivity index is 2.36. The minimum Gasteiger partial charge on any atom is -0.323 e. The van der Waals surface area contributed by atoms with Crippen molar-refractivity contribution in [1.82, 2.24) is 4.31 Å². The second-order valence-electron chi connectivity index (χ2n) is 4.32. The van der Waals surface area contributed by atoms with Gasteiger partial charge < -0.3 is 5.73 Å². The van der Waals surface area contributed by atoms with E-state index in [1.165, 1.54) is 10.6 Å². The summed E-state index contributed by atoms with van der Waals surface area (Å²) in [5, 5.41) is 0. The molecule has 0 bridgehead atoms. The lowest BCUT2D eigenvalue weighted by molar-refractivity contribution is 0.405. The quantitative estimate of drug-likeness (QED) is 0.848. The number of fused-ring (bicyclic) bond motifs is 1. The second-order valence-corrected chi connectivity index (χ2v) is 7.22. The van der Waals surface area contributed by atoms with Crippen LogP contribution < -0.4 is 5.73 Å². The average molecular weight is 319 g/mol. The van der Waals surface area contributed by atoms with Gasteiger partial charge in [0.1, 0.15) is 0 Å². The summed E-state index contributed by atoms with van der Waals surface area (Å²) < 4.78 is 25.5. The van der Waals surface area contributed by atoms with Crippen molar-refractivity contribution >= 4 is 26.0 Å². The molecule has 0 aromatic heterocycles. The molecule has 0 saturated heterocycles. The van der Waals surface area contributed by atoms with Crippen molar-refractivity contribution in [1.29, 1.82) is 0 Å². The first-order chi connectivity index (χ1) is 7.88. The Morgan fingerprint density at radius 3 is 2.82 bits per heavy atom. The normalized spacial score (nSPS) is 21.9. The van der Waals surface area contributed by atoms with Crippen LogP contribution in [-0.2, 0) is 16.4 Å². The largest absolute Gasteiger partial charge is 0.323 e. The SMILES string of the molecule is CS(=O)(=O)N1CCc2ccc(Br)cc2C(N)C1. The van der Waals surface area contributed by atoms with E-state index in [2.05, 4.69) is 15.9 Å². The number of nitrogens with two attached hydrogens (primary N) is 1. The Labute approximate surface area is 110 Å². The molecule has 0 fully saturated rings. The smallest absolute Gasteiger partial charge is 0.211 e. The van der Waals surface area contributed by atoms with Crippen molar-refractivity contribution in [3.8, 4) is 0 Å². The molecule has 6 heteroatoms. The third kappa shape index (κ3) is 2.88. The summed E-state index contributed by atoms with van der Waals surface area (Å²) in [4.78, 5) is 0. The standard InChI is InChI=1S/C11H15BrN2O2S/c1-17(15,16)14-5-4-8-2-3-9(12)6-10(8)11(13)7-14/h2-3,6,11H,4-5,7,13H2,1H3. The van der Waals surface area contributed by atoms with Crippen LogP contribution in [0.2, 0.25) is 0 Å². The Morgan fingerprint density at radius 2 is 2.18 bits per heavy atom. The maximum Gasteiger partial charge on any atom is 0.211 e. The predicted molar refractivity (Wildman–Crippen MR) is 71.2 cm³/mol. The van der Waals surface area contributed by atoms with Gasteiger partial charge in [-0.1, -0.05) is 22.0 Å². The van der Waals surface area contributed by atoms with Gasteiger partial charge in [-0.2, -0.15) is 4.31 Å². The van der Waals surface area contributed by atoms with Crippen molar-refractivity contribution < 1.29 is 8.42 Å². The van der Waals surface area contributed by atoms with Crippen LogP contribution >= 0.6 is 15.9 Å². The molecule has 1 atom stereocenters. The van der Waals surface area contributed by atoms with Gasteiger partial charge in [-0.3, -0.25) is 0 Å². The molecule has 1 aromatic rings. The molecule has 1 heterocycles. The van der Waals surface area contributed by atoms with Crippen LogP contribution in [0.1, 0.15) is 17.2 Å². The maximum absolute atomic E-state index is 11.6. The lowest BCUT2D eigenvalue weighted by Crippen LogP contribution is -2.35. The highest BCUT2D eigenvalue weighted by Gasteiger charge is 2.25. The number of hydrogen-bond acceptors (Lipinski definition) is 3. The van der Waals surface area contributed by atoms with Crippen molar-refractivity contribution in [3.05, 3.63) is 33.8 Å². The minimum atomic E-state index is -3.17. The molecule has 0 spiro atoms. The van der Waals surface area contributed by atoms with Crippen LogP contribution in [0.15, 0.2) is 22.7 Å². The van der Waals surface area contributed by atoms with Crippen LogP contribution in [0, 0.1) is 0 Å². The van der Waals surface area contributed by atoms with Crippen LogP contribution in [0.3, 0.4) is 0 Å². The molecule has 1 aliphatic rings. The first-order valence-electron chi connectivity index (χ1n) is 5.37. The van der Waals surface area contributed by atoms with Crippen molar-refractivity contribution in [2.45, 2.75) is 12.5 Å². The third-order valence-corrected chi connectivity index (χ3v) is 4.77. The minimum absolute atomic E-state index is 0.264. The molecule has 0 radical (unpaired) electrons. The molecule has 1 unspecified atom stereocenters.